The highest BCUT2D eigenvalue weighted by atomic mass is 16.6. The van der Waals surface area contributed by atoms with Crippen LogP contribution < -0.4 is 0 Å². The molecule has 0 radical (unpaired) electrons. The van der Waals surface area contributed by atoms with Gasteiger partial charge >= 0.3 is 11.9 Å². The number of rotatable bonds is 32. The van der Waals surface area contributed by atoms with E-state index in [9.17, 15) is 9.59 Å². The highest BCUT2D eigenvalue weighted by Crippen LogP contribution is 2.36. The summed E-state index contributed by atoms with van der Waals surface area (Å²) in [5, 5.41) is 0. The van der Waals surface area contributed by atoms with E-state index in [0.29, 0.717) is 31.6 Å². The van der Waals surface area contributed by atoms with Crippen molar-refractivity contribution in [1.29, 1.82) is 0 Å². The minimum Gasteiger partial charge on any atom is -0.458 e. The van der Waals surface area contributed by atoms with Crippen molar-refractivity contribution in [3.63, 3.8) is 0 Å². The minimum absolute atomic E-state index is 0.162. The van der Waals surface area contributed by atoms with Gasteiger partial charge in [0.2, 0.25) is 0 Å². The molecule has 0 spiro atoms. The molecule has 0 saturated heterocycles. The monoisotopic (exact) mass is 633 g/mol. The number of ether oxygens (including phenoxy) is 3. The van der Waals surface area contributed by atoms with Gasteiger partial charge in [0.25, 0.3) is 0 Å². The van der Waals surface area contributed by atoms with Crippen molar-refractivity contribution >= 4 is 11.9 Å². The molecule has 0 aromatic carbocycles. The summed E-state index contributed by atoms with van der Waals surface area (Å²) in [6.07, 6.45) is 35.1. The molecule has 45 heavy (non-hydrogen) atoms. The molecular formula is C40H72O5. The fourth-order valence-electron chi connectivity index (χ4n) is 5.86. The first-order valence-electron chi connectivity index (χ1n) is 19.4. The van der Waals surface area contributed by atoms with E-state index in [4.69, 9.17) is 14.2 Å². The van der Waals surface area contributed by atoms with Crippen LogP contribution in [0, 0.1) is 5.92 Å². The van der Waals surface area contributed by atoms with E-state index < -0.39 is 0 Å². The Morgan fingerprint density at radius 2 is 1.16 bits per heavy atom. The molecular weight excluding hydrogens is 560 g/mol. The van der Waals surface area contributed by atoms with Gasteiger partial charge in [0.15, 0.2) is 0 Å². The van der Waals surface area contributed by atoms with Gasteiger partial charge in [-0.05, 0) is 83.0 Å². The van der Waals surface area contributed by atoms with Gasteiger partial charge in [-0.25, -0.2) is 0 Å². The third-order valence-corrected chi connectivity index (χ3v) is 8.90. The maximum absolute atomic E-state index is 12.8. The highest BCUT2D eigenvalue weighted by Gasteiger charge is 2.33. The van der Waals surface area contributed by atoms with E-state index in [-0.39, 0.29) is 30.3 Å². The van der Waals surface area contributed by atoms with E-state index >= 15 is 0 Å². The summed E-state index contributed by atoms with van der Waals surface area (Å²) in [5.74, 6) is 0.245. The molecule has 1 saturated carbocycles. The third kappa shape index (κ3) is 24.3. The number of hydrogen-bond acceptors (Lipinski definition) is 5. The lowest BCUT2D eigenvalue weighted by atomic mass is 10.1. The Morgan fingerprint density at radius 3 is 1.80 bits per heavy atom. The van der Waals surface area contributed by atoms with E-state index in [2.05, 4.69) is 45.1 Å². The second kappa shape index (κ2) is 29.8. The average molecular weight is 633 g/mol. The Balaban J connectivity index is 2.23. The van der Waals surface area contributed by atoms with E-state index in [0.717, 1.165) is 58.0 Å². The number of esters is 2. The average Bonchev–Trinajstić information content (AvgIpc) is 3.88. The molecule has 3 unspecified atom stereocenters. The molecule has 0 heterocycles. The van der Waals surface area contributed by atoms with Gasteiger partial charge < -0.3 is 14.2 Å². The zero-order chi connectivity index (χ0) is 32.8. The predicted molar refractivity (Wildman–Crippen MR) is 189 cm³/mol. The van der Waals surface area contributed by atoms with Gasteiger partial charge in [-0.1, -0.05) is 123 Å². The van der Waals surface area contributed by atoms with Crippen LogP contribution in [-0.4, -0.2) is 36.9 Å². The van der Waals surface area contributed by atoms with Crippen LogP contribution in [0.5, 0.6) is 0 Å². The van der Waals surface area contributed by atoms with Crippen molar-refractivity contribution in [2.75, 3.05) is 6.61 Å². The summed E-state index contributed by atoms with van der Waals surface area (Å²) < 4.78 is 18.0. The summed E-state index contributed by atoms with van der Waals surface area (Å²) in [4.78, 5) is 25.5. The first-order chi connectivity index (χ1) is 22.0. The molecule has 5 heteroatoms. The SMILES string of the molecule is CCCCC/C=C\C/C=C\CCCCCCCC(=O)OC(CCC)C(CC)OC(=O)CCC(OCCCCCCCC)C1CC1. The Hall–Kier alpha value is -1.62. The quantitative estimate of drug-likeness (QED) is 0.0419. The molecule has 0 bridgehead atoms. The van der Waals surface area contributed by atoms with Gasteiger partial charge in [0.1, 0.15) is 12.2 Å². The van der Waals surface area contributed by atoms with E-state index in [1.807, 2.05) is 6.92 Å². The fraction of sp³-hybridized carbons (Fsp3) is 0.850. The summed E-state index contributed by atoms with van der Waals surface area (Å²) in [6, 6.07) is 0. The maximum Gasteiger partial charge on any atom is 0.306 e. The van der Waals surface area contributed by atoms with Gasteiger partial charge in [-0.3, -0.25) is 9.59 Å². The van der Waals surface area contributed by atoms with Gasteiger partial charge in [0, 0.05) is 19.4 Å². The first kappa shape index (κ1) is 41.4. The van der Waals surface area contributed by atoms with E-state index in [1.54, 1.807) is 0 Å². The second-order valence-corrected chi connectivity index (χ2v) is 13.3. The summed E-state index contributed by atoms with van der Waals surface area (Å²) in [6.45, 7) is 9.37. The fourth-order valence-corrected chi connectivity index (χ4v) is 5.86. The largest absolute Gasteiger partial charge is 0.458 e. The van der Waals surface area contributed by atoms with Gasteiger partial charge in [-0.2, -0.15) is 0 Å². The zero-order valence-electron chi connectivity index (χ0n) is 30.0. The van der Waals surface area contributed by atoms with Crippen molar-refractivity contribution in [3.8, 4) is 0 Å². The molecule has 262 valence electrons. The molecule has 5 nitrogen and oxygen atoms in total. The van der Waals surface area contributed by atoms with Gasteiger partial charge in [0.05, 0.1) is 6.10 Å². The van der Waals surface area contributed by atoms with E-state index in [1.165, 1.54) is 83.5 Å². The lowest BCUT2D eigenvalue weighted by Crippen LogP contribution is -2.35. The molecule has 0 N–H and O–H groups in total. The lowest BCUT2D eigenvalue weighted by Gasteiger charge is -2.26. The molecule has 3 atom stereocenters. The zero-order valence-corrected chi connectivity index (χ0v) is 30.0. The molecule has 1 aliphatic rings. The lowest BCUT2D eigenvalue weighted by molar-refractivity contribution is -0.169. The number of hydrogen-bond donors (Lipinski definition) is 0. The van der Waals surface area contributed by atoms with Crippen LogP contribution in [0.3, 0.4) is 0 Å². The smallest absolute Gasteiger partial charge is 0.306 e. The molecule has 1 rings (SSSR count). The van der Waals surface area contributed by atoms with Crippen LogP contribution in [0.2, 0.25) is 0 Å². The van der Waals surface area contributed by atoms with Crippen LogP contribution in [0.1, 0.15) is 188 Å². The number of carbonyl (C=O) groups is 2. The summed E-state index contributed by atoms with van der Waals surface area (Å²) in [7, 11) is 0. The maximum atomic E-state index is 12.8. The molecule has 0 aromatic rings. The predicted octanol–water partition coefficient (Wildman–Crippen LogP) is 11.8. The van der Waals surface area contributed by atoms with Crippen LogP contribution in [0.25, 0.3) is 0 Å². The minimum atomic E-state index is -0.380. The first-order valence-corrected chi connectivity index (χ1v) is 19.4. The number of carbonyl (C=O) groups excluding carboxylic acids is 2. The Bertz CT molecular complexity index is 756. The number of allylic oxidation sites excluding steroid dienone is 4. The molecule has 0 aromatic heterocycles. The molecule has 0 aliphatic heterocycles. The summed E-state index contributed by atoms with van der Waals surface area (Å²) >= 11 is 0. The van der Waals surface area contributed by atoms with Crippen molar-refractivity contribution in [1.82, 2.24) is 0 Å². The molecule has 0 amide bonds. The van der Waals surface area contributed by atoms with Crippen molar-refractivity contribution < 1.29 is 23.8 Å². The molecule has 1 fully saturated rings. The topological polar surface area (TPSA) is 61.8 Å². The molecule has 1 aliphatic carbocycles. The normalized spacial score (nSPS) is 15.5. The van der Waals surface area contributed by atoms with Crippen molar-refractivity contribution in [2.45, 2.75) is 207 Å². The second-order valence-electron chi connectivity index (χ2n) is 13.3. The Kier molecular flexibility index (Phi) is 27.4. The Labute approximate surface area is 278 Å². The Morgan fingerprint density at radius 1 is 0.600 bits per heavy atom. The van der Waals surface area contributed by atoms with Crippen molar-refractivity contribution in [3.05, 3.63) is 24.3 Å². The van der Waals surface area contributed by atoms with Crippen LogP contribution in [-0.2, 0) is 23.8 Å². The van der Waals surface area contributed by atoms with Crippen molar-refractivity contribution in [2.24, 2.45) is 5.92 Å². The third-order valence-electron chi connectivity index (χ3n) is 8.90. The highest BCUT2D eigenvalue weighted by molar-refractivity contribution is 5.70. The van der Waals surface area contributed by atoms with Crippen LogP contribution in [0.15, 0.2) is 24.3 Å². The van der Waals surface area contributed by atoms with Crippen LogP contribution in [0.4, 0.5) is 0 Å². The number of unbranched alkanes of at least 4 members (excludes halogenated alkanes) is 13. The van der Waals surface area contributed by atoms with Gasteiger partial charge in [-0.15, -0.1) is 0 Å². The van der Waals surface area contributed by atoms with Crippen LogP contribution >= 0.6 is 0 Å². The standard InChI is InChI=1S/C40H72O5/c1-5-9-11-13-15-16-17-18-19-20-21-22-23-24-26-29-39(41)45-38(28-7-3)36(8-4)44-40(42)33-32-37(35-30-31-35)43-34-27-25-14-12-10-6-2/h15-16,18-19,35-38H,5-14,17,20-34H2,1-4H3/b16-15-,19-18-. The summed E-state index contributed by atoms with van der Waals surface area (Å²) in [5.41, 5.74) is 0.